The van der Waals surface area contributed by atoms with Crippen molar-refractivity contribution >= 4 is 46.5 Å². The van der Waals surface area contributed by atoms with Gasteiger partial charge < -0.3 is 5.32 Å². The molecule has 0 unspecified atom stereocenters. The van der Waals surface area contributed by atoms with Gasteiger partial charge in [-0.25, -0.2) is 0 Å². The molecule has 0 fully saturated rings. The van der Waals surface area contributed by atoms with Crippen LogP contribution in [0.3, 0.4) is 0 Å². The molecule has 5 heteroatoms. The molecule has 0 aliphatic heterocycles. The summed E-state index contributed by atoms with van der Waals surface area (Å²) in [5, 5.41) is 3.02. The number of hydrogen-bond donors (Lipinski definition) is 1. The Hall–Kier alpha value is -1.17. The Morgan fingerprint density at radius 2 is 1.82 bits per heavy atom. The highest BCUT2D eigenvalue weighted by Gasteiger charge is 2.09. The highest BCUT2D eigenvalue weighted by molar-refractivity contribution is 8.03. The normalized spacial score (nSPS) is 10.5. The van der Waals surface area contributed by atoms with Gasteiger partial charge in [-0.15, -0.1) is 41.4 Å². The minimum atomic E-state index is 0.0381. The standard InChI is InChI=1S/C17H19NOS3/c1-4-10-20-15-8-9-16(22-15)21-11-14(19)18-17-12(2)6-5-7-13(17)3/h4-9H,1,10-11H2,2-3H3,(H,18,19). The average Bonchev–Trinajstić information content (AvgIpc) is 2.95. The van der Waals surface area contributed by atoms with Gasteiger partial charge in [-0.3, -0.25) is 4.79 Å². The molecule has 0 saturated heterocycles. The van der Waals surface area contributed by atoms with Crippen molar-refractivity contribution in [3.05, 3.63) is 54.1 Å². The first-order valence-corrected chi connectivity index (χ1v) is 9.71. The van der Waals surface area contributed by atoms with E-state index in [1.807, 2.05) is 38.1 Å². The van der Waals surface area contributed by atoms with Crippen LogP contribution in [0.5, 0.6) is 0 Å². The second-order valence-corrected chi connectivity index (χ2v) is 8.46. The monoisotopic (exact) mass is 349 g/mol. The first kappa shape index (κ1) is 17.2. The molecule has 0 bridgehead atoms. The number of hydrogen-bond acceptors (Lipinski definition) is 4. The molecule has 0 aliphatic rings. The van der Waals surface area contributed by atoms with Crippen molar-refractivity contribution in [1.29, 1.82) is 0 Å². The number of para-hydroxylation sites is 1. The highest BCUT2D eigenvalue weighted by atomic mass is 32.2. The van der Waals surface area contributed by atoms with Gasteiger partial charge in [0.2, 0.25) is 5.91 Å². The lowest BCUT2D eigenvalue weighted by Crippen LogP contribution is -2.15. The first-order valence-electron chi connectivity index (χ1n) is 6.92. The highest BCUT2D eigenvalue weighted by Crippen LogP contribution is 2.33. The van der Waals surface area contributed by atoms with Crippen LogP contribution in [0.25, 0.3) is 0 Å². The van der Waals surface area contributed by atoms with Crippen LogP contribution in [-0.2, 0) is 4.79 Å². The van der Waals surface area contributed by atoms with Gasteiger partial charge in [-0.1, -0.05) is 24.3 Å². The van der Waals surface area contributed by atoms with Crippen LogP contribution < -0.4 is 5.32 Å². The van der Waals surface area contributed by atoms with Crippen molar-refractivity contribution in [2.45, 2.75) is 22.3 Å². The Kier molecular flexibility index (Phi) is 6.61. The SMILES string of the molecule is C=CCSc1ccc(SCC(=O)Nc2c(C)cccc2C)s1. The number of benzene rings is 1. The summed E-state index contributed by atoms with van der Waals surface area (Å²) in [7, 11) is 0. The summed E-state index contributed by atoms with van der Waals surface area (Å²) in [6.07, 6.45) is 1.90. The summed E-state index contributed by atoms with van der Waals surface area (Å²) in [4.78, 5) is 12.1. The van der Waals surface area contributed by atoms with E-state index in [0.717, 1.165) is 22.6 Å². The number of rotatable bonds is 7. The van der Waals surface area contributed by atoms with Crippen molar-refractivity contribution in [3.63, 3.8) is 0 Å². The topological polar surface area (TPSA) is 29.1 Å². The quantitative estimate of drug-likeness (QED) is 0.538. The second kappa shape index (κ2) is 8.46. The van der Waals surface area contributed by atoms with E-state index in [9.17, 15) is 4.79 Å². The fourth-order valence-corrected chi connectivity index (χ4v) is 4.90. The lowest BCUT2D eigenvalue weighted by atomic mass is 10.1. The number of carbonyl (C=O) groups is 1. The van der Waals surface area contributed by atoms with Gasteiger partial charge in [0, 0.05) is 11.4 Å². The zero-order valence-corrected chi connectivity index (χ0v) is 15.2. The second-order valence-electron chi connectivity index (χ2n) is 4.78. The number of carbonyl (C=O) groups excluding carboxylic acids is 1. The maximum absolute atomic E-state index is 12.1. The van der Waals surface area contributed by atoms with Crippen LogP contribution in [-0.4, -0.2) is 17.4 Å². The van der Waals surface area contributed by atoms with E-state index in [1.54, 1.807) is 34.9 Å². The largest absolute Gasteiger partial charge is 0.325 e. The van der Waals surface area contributed by atoms with Crippen LogP contribution in [0.4, 0.5) is 5.69 Å². The molecular formula is C17H19NOS3. The summed E-state index contributed by atoms with van der Waals surface area (Å²) in [5.74, 6) is 1.38. The zero-order chi connectivity index (χ0) is 15.9. The number of aryl methyl sites for hydroxylation is 2. The molecule has 0 spiro atoms. The average molecular weight is 350 g/mol. The number of amides is 1. The molecule has 2 nitrogen and oxygen atoms in total. The van der Waals surface area contributed by atoms with Gasteiger partial charge in [0.25, 0.3) is 0 Å². The number of anilines is 1. The van der Waals surface area contributed by atoms with Gasteiger partial charge in [0.15, 0.2) is 0 Å². The molecule has 1 N–H and O–H groups in total. The molecule has 0 aliphatic carbocycles. The molecule has 2 rings (SSSR count). The Morgan fingerprint density at radius 1 is 1.18 bits per heavy atom. The third-order valence-corrected chi connectivity index (χ3v) is 6.52. The van der Waals surface area contributed by atoms with Gasteiger partial charge in [0.1, 0.15) is 0 Å². The van der Waals surface area contributed by atoms with E-state index in [0.29, 0.717) is 5.75 Å². The Labute approximate surface area is 144 Å². The summed E-state index contributed by atoms with van der Waals surface area (Å²) >= 11 is 5.08. The van der Waals surface area contributed by atoms with E-state index < -0.39 is 0 Å². The van der Waals surface area contributed by atoms with E-state index in [1.165, 1.54) is 8.42 Å². The summed E-state index contributed by atoms with van der Waals surface area (Å²) in [6.45, 7) is 7.75. The number of nitrogens with one attached hydrogen (secondary N) is 1. The molecule has 22 heavy (non-hydrogen) atoms. The molecular weight excluding hydrogens is 330 g/mol. The summed E-state index contributed by atoms with van der Waals surface area (Å²) in [6, 6.07) is 10.2. The first-order chi connectivity index (χ1) is 10.6. The Morgan fingerprint density at radius 3 is 2.45 bits per heavy atom. The van der Waals surface area contributed by atoms with Crippen molar-refractivity contribution < 1.29 is 4.79 Å². The van der Waals surface area contributed by atoms with Crippen molar-refractivity contribution in [2.75, 3.05) is 16.8 Å². The summed E-state index contributed by atoms with van der Waals surface area (Å²) < 4.78 is 2.43. The van der Waals surface area contributed by atoms with Crippen molar-refractivity contribution in [2.24, 2.45) is 0 Å². The molecule has 0 radical (unpaired) electrons. The fourth-order valence-electron chi connectivity index (χ4n) is 1.92. The Bertz CT molecular complexity index is 643. The molecule has 1 aromatic carbocycles. The molecule has 1 amide bonds. The molecule has 2 aromatic rings. The van der Waals surface area contributed by atoms with E-state index in [-0.39, 0.29) is 5.91 Å². The minimum absolute atomic E-state index is 0.0381. The Balaban J connectivity index is 1.87. The van der Waals surface area contributed by atoms with Gasteiger partial charge in [0.05, 0.1) is 14.2 Å². The lowest BCUT2D eigenvalue weighted by Gasteiger charge is -2.10. The molecule has 116 valence electrons. The predicted molar refractivity (Wildman–Crippen MR) is 101 cm³/mol. The fraction of sp³-hybridized carbons (Fsp3) is 0.235. The zero-order valence-electron chi connectivity index (χ0n) is 12.7. The predicted octanol–water partition coefficient (Wildman–Crippen LogP) is 5.37. The van der Waals surface area contributed by atoms with Crippen molar-refractivity contribution in [3.8, 4) is 0 Å². The van der Waals surface area contributed by atoms with E-state index in [2.05, 4.69) is 24.0 Å². The number of thiophene rings is 1. The molecule has 0 saturated carbocycles. The van der Waals surface area contributed by atoms with Gasteiger partial charge in [-0.05, 0) is 37.1 Å². The lowest BCUT2D eigenvalue weighted by molar-refractivity contribution is -0.113. The van der Waals surface area contributed by atoms with E-state index in [4.69, 9.17) is 0 Å². The van der Waals surface area contributed by atoms with Crippen LogP contribution in [0.2, 0.25) is 0 Å². The van der Waals surface area contributed by atoms with Gasteiger partial charge >= 0.3 is 0 Å². The smallest absolute Gasteiger partial charge is 0.234 e. The van der Waals surface area contributed by atoms with Crippen LogP contribution in [0, 0.1) is 13.8 Å². The summed E-state index contributed by atoms with van der Waals surface area (Å²) in [5.41, 5.74) is 3.12. The third kappa shape index (κ3) is 4.93. The van der Waals surface area contributed by atoms with Crippen LogP contribution in [0.1, 0.15) is 11.1 Å². The molecule has 0 atom stereocenters. The van der Waals surface area contributed by atoms with Crippen LogP contribution >= 0.6 is 34.9 Å². The minimum Gasteiger partial charge on any atom is -0.325 e. The maximum Gasteiger partial charge on any atom is 0.234 e. The third-order valence-electron chi connectivity index (χ3n) is 2.99. The maximum atomic E-state index is 12.1. The molecule has 1 heterocycles. The van der Waals surface area contributed by atoms with Crippen LogP contribution in [0.15, 0.2) is 51.4 Å². The van der Waals surface area contributed by atoms with Gasteiger partial charge in [-0.2, -0.15) is 0 Å². The number of thioether (sulfide) groups is 2. The van der Waals surface area contributed by atoms with E-state index >= 15 is 0 Å². The van der Waals surface area contributed by atoms with Crippen molar-refractivity contribution in [1.82, 2.24) is 0 Å². The molecule has 1 aromatic heterocycles.